The van der Waals surface area contributed by atoms with E-state index in [0.717, 1.165) is 45.1 Å². The van der Waals surface area contributed by atoms with Crippen LogP contribution in [0.15, 0.2) is 24.3 Å². The third kappa shape index (κ3) is 4.23. The Hall–Kier alpha value is -1.06. The molecule has 1 aromatic carbocycles. The molecule has 2 fully saturated rings. The van der Waals surface area contributed by atoms with Crippen molar-refractivity contribution in [3.63, 3.8) is 0 Å². The molecule has 0 aliphatic heterocycles. The first-order valence-electron chi connectivity index (χ1n) is 8.79. The summed E-state index contributed by atoms with van der Waals surface area (Å²) in [6.45, 7) is 0.876. The number of aromatic hydroxyl groups is 1. The average molecular weight is 304 g/mol. The molecule has 0 saturated heterocycles. The Labute approximate surface area is 133 Å². The first-order valence-corrected chi connectivity index (χ1v) is 8.79. The lowest BCUT2D eigenvalue weighted by molar-refractivity contribution is -0.0110. The molecule has 3 rings (SSSR count). The molecule has 2 aliphatic carbocycles. The Balaban J connectivity index is 1.39. The van der Waals surface area contributed by atoms with E-state index in [4.69, 9.17) is 4.74 Å². The summed E-state index contributed by atoms with van der Waals surface area (Å²) < 4.78 is 6.14. The van der Waals surface area contributed by atoms with Gasteiger partial charge in [-0.3, -0.25) is 0 Å². The lowest BCUT2D eigenvalue weighted by Crippen LogP contribution is -2.26. The fraction of sp³-hybridized carbons (Fsp3) is 0.684. The number of aliphatic hydroxyl groups is 1. The molecule has 0 unspecified atom stereocenters. The second-order valence-electron chi connectivity index (χ2n) is 7.07. The molecule has 0 spiro atoms. The molecule has 0 heterocycles. The molecule has 0 aromatic heterocycles. The number of ether oxygens (including phenoxy) is 1. The zero-order valence-corrected chi connectivity index (χ0v) is 13.3. The van der Waals surface area contributed by atoms with Crippen LogP contribution in [0.5, 0.6) is 5.75 Å². The van der Waals surface area contributed by atoms with Gasteiger partial charge in [-0.05, 0) is 80.9 Å². The van der Waals surface area contributed by atoms with Gasteiger partial charge in [-0.2, -0.15) is 0 Å². The maximum Gasteiger partial charge on any atom is 0.115 e. The van der Waals surface area contributed by atoms with Crippen LogP contribution in [0.4, 0.5) is 0 Å². The Morgan fingerprint density at radius 3 is 2.14 bits per heavy atom. The largest absolute Gasteiger partial charge is 0.508 e. The Morgan fingerprint density at radius 1 is 0.864 bits per heavy atom. The van der Waals surface area contributed by atoms with Crippen LogP contribution in [0, 0.1) is 5.92 Å². The highest BCUT2D eigenvalue weighted by molar-refractivity contribution is 5.28. The van der Waals surface area contributed by atoms with Crippen molar-refractivity contribution in [3.8, 4) is 5.75 Å². The fourth-order valence-corrected chi connectivity index (χ4v) is 3.89. The third-order valence-electron chi connectivity index (χ3n) is 5.42. The minimum Gasteiger partial charge on any atom is -0.508 e. The SMILES string of the molecule is Oc1ccc(C2CCC(OCC3CCC(O)CC3)CC2)cc1. The lowest BCUT2D eigenvalue weighted by atomic mass is 9.82. The van der Waals surface area contributed by atoms with Gasteiger partial charge in [0.15, 0.2) is 0 Å². The Kier molecular flexibility index (Phi) is 5.37. The van der Waals surface area contributed by atoms with Gasteiger partial charge < -0.3 is 14.9 Å². The molecular weight excluding hydrogens is 276 g/mol. The van der Waals surface area contributed by atoms with Crippen molar-refractivity contribution in [2.45, 2.75) is 69.5 Å². The molecule has 22 heavy (non-hydrogen) atoms. The molecule has 0 amide bonds. The van der Waals surface area contributed by atoms with Gasteiger partial charge in [-0.15, -0.1) is 0 Å². The number of phenolic OH excluding ortho intramolecular Hbond substituents is 1. The van der Waals surface area contributed by atoms with Gasteiger partial charge in [0.2, 0.25) is 0 Å². The van der Waals surface area contributed by atoms with E-state index in [1.54, 1.807) is 12.1 Å². The number of rotatable bonds is 4. The monoisotopic (exact) mass is 304 g/mol. The topological polar surface area (TPSA) is 49.7 Å². The van der Waals surface area contributed by atoms with E-state index in [1.807, 2.05) is 0 Å². The fourth-order valence-electron chi connectivity index (χ4n) is 3.89. The summed E-state index contributed by atoms with van der Waals surface area (Å²) in [4.78, 5) is 0. The second-order valence-corrected chi connectivity index (χ2v) is 7.07. The van der Waals surface area contributed by atoms with Crippen LogP contribution in [0.1, 0.15) is 62.8 Å². The number of aliphatic hydroxyl groups excluding tert-OH is 1. The summed E-state index contributed by atoms with van der Waals surface area (Å²) in [6, 6.07) is 7.67. The van der Waals surface area contributed by atoms with E-state index in [1.165, 1.54) is 18.4 Å². The van der Waals surface area contributed by atoms with E-state index < -0.39 is 0 Å². The van der Waals surface area contributed by atoms with Crippen molar-refractivity contribution in [2.75, 3.05) is 6.61 Å². The summed E-state index contributed by atoms with van der Waals surface area (Å²) in [7, 11) is 0. The van der Waals surface area contributed by atoms with Crippen molar-refractivity contribution in [2.24, 2.45) is 5.92 Å². The van der Waals surface area contributed by atoms with Gasteiger partial charge in [-0.25, -0.2) is 0 Å². The van der Waals surface area contributed by atoms with Crippen LogP contribution in [0.3, 0.4) is 0 Å². The van der Waals surface area contributed by atoms with Gasteiger partial charge in [0.1, 0.15) is 5.75 Å². The molecule has 3 heteroatoms. The zero-order valence-electron chi connectivity index (χ0n) is 13.3. The summed E-state index contributed by atoms with van der Waals surface area (Å²) >= 11 is 0. The minimum atomic E-state index is -0.0722. The number of hydrogen-bond donors (Lipinski definition) is 2. The van der Waals surface area contributed by atoms with Gasteiger partial charge in [0.05, 0.1) is 12.2 Å². The van der Waals surface area contributed by atoms with E-state index in [-0.39, 0.29) is 6.10 Å². The smallest absolute Gasteiger partial charge is 0.115 e. The molecule has 1 aromatic rings. The minimum absolute atomic E-state index is 0.0722. The normalized spacial score (nSPS) is 32.8. The van der Waals surface area contributed by atoms with Crippen LogP contribution in [0.2, 0.25) is 0 Å². The molecule has 0 radical (unpaired) electrons. The van der Waals surface area contributed by atoms with E-state index in [2.05, 4.69) is 12.1 Å². The molecule has 122 valence electrons. The van der Waals surface area contributed by atoms with Crippen LogP contribution < -0.4 is 0 Å². The first kappa shape index (κ1) is 15.8. The molecule has 2 aliphatic rings. The molecule has 3 nitrogen and oxygen atoms in total. The summed E-state index contributed by atoms with van der Waals surface area (Å²) in [6.07, 6.45) is 9.11. The van der Waals surface area contributed by atoms with Crippen molar-refractivity contribution >= 4 is 0 Å². The van der Waals surface area contributed by atoms with Crippen molar-refractivity contribution in [1.82, 2.24) is 0 Å². The summed E-state index contributed by atoms with van der Waals surface area (Å²) in [5, 5.41) is 18.9. The Morgan fingerprint density at radius 2 is 1.50 bits per heavy atom. The van der Waals surface area contributed by atoms with Gasteiger partial charge in [-0.1, -0.05) is 12.1 Å². The predicted octanol–water partition coefficient (Wildman–Crippen LogP) is 3.99. The van der Waals surface area contributed by atoms with E-state index in [0.29, 0.717) is 23.7 Å². The quantitative estimate of drug-likeness (QED) is 0.884. The third-order valence-corrected chi connectivity index (χ3v) is 5.42. The first-order chi connectivity index (χ1) is 10.7. The van der Waals surface area contributed by atoms with E-state index >= 15 is 0 Å². The van der Waals surface area contributed by atoms with Crippen LogP contribution >= 0.6 is 0 Å². The number of benzene rings is 1. The van der Waals surface area contributed by atoms with Gasteiger partial charge in [0, 0.05) is 6.61 Å². The molecule has 2 N–H and O–H groups in total. The van der Waals surface area contributed by atoms with Crippen molar-refractivity contribution < 1.29 is 14.9 Å². The van der Waals surface area contributed by atoms with Crippen LogP contribution in [0.25, 0.3) is 0 Å². The number of phenols is 1. The van der Waals surface area contributed by atoms with Gasteiger partial charge >= 0.3 is 0 Å². The molecule has 0 bridgehead atoms. The Bertz CT molecular complexity index is 440. The summed E-state index contributed by atoms with van der Waals surface area (Å²) in [5.74, 6) is 1.61. The maximum absolute atomic E-state index is 9.54. The molecular formula is C19H28O3. The van der Waals surface area contributed by atoms with Crippen LogP contribution in [-0.2, 0) is 4.74 Å². The lowest BCUT2D eigenvalue weighted by Gasteiger charge is -2.31. The average Bonchev–Trinajstić information content (AvgIpc) is 2.56. The standard InChI is InChI=1S/C19H28O3/c20-17-7-1-14(2-8-17)13-22-19-11-5-16(6-12-19)15-3-9-18(21)10-4-15/h3-4,9-10,14,16-17,19-21H,1-2,5-8,11-13H2. The van der Waals surface area contributed by atoms with E-state index in [9.17, 15) is 10.2 Å². The highest BCUT2D eigenvalue weighted by atomic mass is 16.5. The predicted molar refractivity (Wildman–Crippen MR) is 87.0 cm³/mol. The zero-order chi connectivity index (χ0) is 15.4. The van der Waals surface area contributed by atoms with Crippen LogP contribution in [-0.4, -0.2) is 29.0 Å². The maximum atomic E-state index is 9.54. The number of hydrogen-bond acceptors (Lipinski definition) is 3. The molecule has 0 atom stereocenters. The summed E-state index contributed by atoms with van der Waals surface area (Å²) in [5.41, 5.74) is 1.34. The van der Waals surface area contributed by atoms with Gasteiger partial charge in [0.25, 0.3) is 0 Å². The highest BCUT2D eigenvalue weighted by Crippen LogP contribution is 2.35. The van der Waals surface area contributed by atoms with Crippen molar-refractivity contribution in [3.05, 3.63) is 29.8 Å². The highest BCUT2D eigenvalue weighted by Gasteiger charge is 2.25. The molecule has 2 saturated carbocycles. The second kappa shape index (κ2) is 7.47. The van der Waals surface area contributed by atoms with Crippen molar-refractivity contribution in [1.29, 1.82) is 0 Å².